The van der Waals surface area contributed by atoms with Gasteiger partial charge in [-0.15, -0.1) is 11.3 Å². The van der Waals surface area contributed by atoms with Crippen LogP contribution in [0.2, 0.25) is 0 Å². The number of aromatic amines is 1. The SMILES string of the molecule is N#Cc1cc(S(=O)(=O)Nc2nccs2)ccc1Oc1cnc(-c2ccccc2)cc1-c1cn[nH]c1. The predicted octanol–water partition coefficient (Wildman–Crippen LogP) is 5.06. The molecule has 35 heavy (non-hydrogen) atoms. The van der Waals surface area contributed by atoms with Crippen molar-refractivity contribution in [1.82, 2.24) is 20.2 Å². The van der Waals surface area contributed by atoms with Crippen LogP contribution in [-0.2, 0) is 10.0 Å². The van der Waals surface area contributed by atoms with Gasteiger partial charge in [0, 0.05) is 34.5 Å². The van der Waals surface area contributed by atoms with Gasteiger partial charge in [-0.2, -0.15) is 10.4 Å². The minimum Gasteiger partial charge on any atom is -0.454 e. The van der Waals surface area contributed by atoms with Crippen LogP contribution in [0, 0.1) is 11.3 Å². The molecule has 2 N–H and O–H groups in total. The molecule has 0 saturated heterocycles. The van der Waals surface area contributed by atoms with Crippen LogP contribution in [-0.4, -0.2) is 28.6 Å². The summed E-state index contributed by atoms with van der Waals surface area (Å²) in [5.74, 6) is 0.582. The Morgan fingerprint density at radius 1 is 1.00 bits per heavy atom. The van der Waals surface area contributed by atoms with Gasteiger partial charge < -0.3 is 4.74 Å². The van der Waals surface area contributed by atoms with Gasteiger partial charge in [0.15, 0.2) is 10.9 Å². The average Bonchev–Trinajstić information content (AvgIpc) is 3.59. The normalized spacial score (nSPS) is 11.1. The number of aromatic nitrogens is 4. The highest BCUT2D eigenvalue weighted by Gasteiger charge is 2.19. The van der Waals surface area contributed by atoms with Crippen molar-refractivity contribution in [3.05, 3.63) is 90.3 Å². The maximum absolute atomic E-state index is 12.7. The molecule has 0 atom stereocenters. The number of ether oxygens (including phenoxy) is 1. The number of thiazole rings is 1. The Kier molecular flexibility index (Phi) is 5.97. The zero-order valence-electron chi connectivity index (χ0n) is 17.9. The number of hydrogen-bond donors (Lipinski definition) is 2. The summed E-state index contributed by atoms with van der Waals surface area (Å²) < 4.78 is 33.9. The van der Waals surface area contributed by atoms with Crippen molar-refractivity contribution < 1.29 is 13.2 Å². The van der Waals surface area contributed by atoms with Crippen LogP contribution in [0.4, 0.5) is 5.13 Å². The van der Waals surface area contributed by atoms with Gasteiger partial charge in [0.1, 0.15) is 11.8 Å². The maximum Gasteiger partial charge on any atom is 0.263 e. The number of sulfonamides is 1. The predicted molar refractivity (Wildman–Crippen MR) is 131 cm³/mol. The number of hydrogen-bond acceptors (Lipinski definition) is 8. The summed E-state index contributed by atoms with van der Waals surface area (Å²) in [6, 6.07) is 17.6. The minimum atomic E-state index is -3.92. The van der Waals surface area contributed by atoms with Gasteiger partial charge in [-0.25, -0.2) is 13.4 Å². The first-order chi connectivity index (χ1) is 17.0. The molecule has 0 unspecified atom stereocenters. The molecule has 11 heteroatoms. The lowest BCUT2D eigenvalue weighted by Crippen LogP contribution is -2.13. The van der Waals surface area contributed by atoms with Crippen LogP contribution in [0.15, 0.2) is 89.7 Å². The Hall–Kier alpha value is -4.53. The van der Waals surface area contributed by atoms with Gasteiger partial charge in [-0.05, 0) is 24.3 Å². The highest BCUT2D eigenvalue weighted by atomic mass is 32.2. The maximum atomic E-state index is 12.7. The van der Waals surface area contributed by atoms with Crippen molar-refractivity contribution in [3.8, 4) is 40.0 Å². The first kappa shape index (κ1) is 22.3. The van der Waals surface area contributed by atoms with E-state index in [9.17, 15) is 13.7 Å². The Bertz CT molecular complexity index is 1610. The van der Waals surface area contributed by atoms with Crippen LogP contribution in [0.25, 0.3) is 22.4 Å². The van der Waals surface area contributed by atoms with Gasteiger partial charge in [-0.3, -0.25) is 14.8 Å². The molecule has 0 bridgehead atoms. The number of pyridine rings is 1. The summed E-state index contributed by atoms with van der Waals surface area (Å²) in [5.41, 5.74) is 3.20. The fourth-order valence-electron chi connectivity index (χ4n) is 3.33. The van der Waals surface area contributed by atoms with E-state index in [2.05, 4.69) is 24.9 Å². The third-order valence-corrected chi connectivity index (χ3v) is 7.16. The van der Waals surface area contributed by atoms with Gasteiger partial charge in [-0.1, -0.05) is 30.3 Å². The summed E-state index contributed by atoms with van der Waals surface area (Å²) in [6.07, 6.45) is 6.44. The molecule has 0 saturated carbocycles. The van der Waals surface area contributed by atoms with Crippen LogP contribution in [0.5, 0.6) is 11.5 Å². The van der Waals surface area contributed by atoms with E-state index in [-0.39, 0.29) is 21.3 Å². The van der Waals surface area contributed by atoms with Gasteiger partial charge in [0.05, 0.1) is 28.5 Å². The summed E-state index contributed by atoms with van der Waals surface area (Å²) in [6.45, 7) is 0. The molecule has 5 aromatic rings. The lowest BCUT2D eigenvalue weighted by molar-refractivity contribution is 0.480. The Morgan fingerprint density at radius 3 is 2.57 bits per heavy atom. The quantitative estimate of drug-likeness (QED) is 0.319. The standard InChI is InChI=1S/C24H16N6O3S2/c25-12-17-10-19(35(31,32)30-24-26-8-9-34-24)6-7-22(17)33-23-15-27-21(16-4-2-1-3-5-16)11-20(23)18-13-28-29-14-18/h1-11,13-15H,(H,26,30)(H,28,29). The van der Waals surface area contributed by atoms with E-state index in [1.165, 1.54) is 24.4 Å². The molecule has 0 radical (unpaired) electrons. The highest BCUT2D eigenvalue weighted by Crippen LogP contribution is 2.36. The molecule has 0 amide bonds. The summed E-state index contributed by atoms with van der Waals surface area (Å²) >= 11 is 1.15. The van der Waals surface area contributed by atoms with E-state index in [1.807, 2.05) is 42.5 Å². The molecule has 0 aliphatic carbocycles. The van der Waals surface area contributed by atoms with E-state index < -0.39 is 10.0 Å². The van der Waals surface area contributed by atoms with Crippen molar-refractivity contribution >= 4 is 26.5 Å². The minimum absolute atomic E-state index is 0.0530. The molecular formula is C24H16N6O3S2. The van der Waals surface area contributed by atoms with Crippen LogP contribution >= 0.6 is 11.3 Å². The van der Waals surface area contributed by atoms with Gasteiger partial charge in [0.25, 0.3) is 10.0 Å². The zero-order chi connectivity index (χ0) is 24.3. The topological polar surface area (TPSA) is 134 Å². The van der Waals surface area contributed by atoms with Crippen molar-refractivity contribution in [2.24, 2.45) is 0 Å². The third kappa shape index (κ3) is 4.74. The number of anilines is 1. The fourth-order valence-corrected chi connectivity index (χ4v) is 5.15. The van der Waals surface area contributed by atoms with Crippen LogP contribution < -0.4 is 9.46 Å². The summed E-state index contributed by atoms with van der Waals surface area (Å²) in [4.78, 5) is 8.37. The lowest BCUT2D eigenvalue weighted by Gasteiger charge is -2.13. The number of H-pyrrole nitrogens is 1. The number of benzene rings is 2. The van der Waals surface area contributed by atoms with E-state index in [0.29, 0.717) is 11.3 Å². The Balaban J connectivity index is 1.50. The second-order valence-corrected chi connectivity index (χ2v) is 9.81. The number of rotatable bonds is 7. The van der Waals surface area contributed by atoms with E-state index >= 15 is 0 Å². The second-order valence-electron chi connectivity index (χ2n) is 7.23. The summed E-state index contributed by atoms with van der Waals surface area (Å²) in [5, 5.41) is 18.4. The zero-order valence-corrected chi connectivity index (χ0v) is 19.5. The Labute approximate surface area is 204 Å². The molecule has 172 valence electrons. The largest absolute Gasteiger partial charge is 0.454 e. The smallest absolute Gasteiger partial charge is 0.263 e. The van der Waals surface area contributed by atoms with Crippen molar-refractivity contribution in [2.75, 3.05) is 4.72 Å². The van der Waals surface area contributed by atoms with E-state index in [0.717, 1.165) is 28.2 Å². The number of nitrogens with zero attached hydrogens (tertiary/aromatic N) is 4. The molecule has 9 nitrogen and oxygen atoms in total. The van der Waals surface area contributed by atoms with Gasteiger partial charge in [0.2, 0.25) is 0 Å². The molecule has 0 aliphatic heterocycles. The third-order valence-electron chi connectivity index (χ3n) is 5.00. The second kappa shape index (κ2) is 9.38. The fraction of sp³-hybridized carbons (Fsp3) is 0. The van der Waals surface area contributed by atoms with Crippen LogP contribution in [0.1, 0.15) is 5.56 Å². The van der Waals surface area contributed by atoms with Crippen LogP contribution in [0.3, 0.4) is 0 Å². The van der Waals surface area contributed by atoms with E-state index in [1.54, 1.807) is 24.0 Å². The number of nitrogens with one attached hydrogen (secondary N) is 2. The van der Waals surface area contributed by atoms with Crippen molar-refractivity contribution in [1.29, 1.82) is 5.26 Å². The Morgan fingerprint density at radius 2 is 1.86 bits per heavy atom. The molecule has 0 fully saturated rings. The molecule has 0 aliphatic rings. The van der Waals surface area contributed by atoms with Crippen molar-refractivity contribution in [2.45, 2.75) is 4.90 Å². The highest BCUT2D eigenvalue weighted by molar-refractivity contribution is 7.93. The molecule has 5 rings (SSSR count). The molecule has 3 aromatic heterocycles. The molecular weight excluding hydrogens is 484 g/mol. The lowest BCUT2D eigenvalue weighted by atomic mass is 10.1. The number of nitriles is 1. The average molecular weight is 501 g/mol. The van der Waals surface area contributed by atoms with E-state index in [4.69, 9.17) is 4.74 Å². The van der Waals surface area contributed by atoms with Crippen molar-refractivity contribution in [3.63, 3.8) is 0 Å². The van der Waals surface area contributed by atoms with Gasteiger partial charge >= 0.3 is 0 Å². The summed E-state index contributed by atoms with van der Waals surface area (Å²) in [7, 11) is -3.92. The monoisotopic (exact) mass is 500 g/mol. The first-order valence-electron chi connectivity index (χ1n) is 10.2. The molecule has 3 heterocycles. The first-order valence-corrected chi connectivity index (χ1v) is 12.6. The molecule has 0 spiro atoms. The molecule has 2 aromatic carbocycles.